The van der Waals surface area contributed by atoms with Gasteiger partial charge in [0.1, 0.15) is 0 Å². The fourth-order valence-corrected chi connectivity index (χ4v) is 2.13. The van der Waals surface area contributed by atoms with E-state index in [1.54, 1.807) is 12.4 Å². The predicted molar refractivity (Wildman–Crippen MR) is 64.8 cm³/mol. The summed E-state index contributed by atoms with van der Waals surface area (Å²) in [5.74, 6) is 2.44. The average Bonchev–Trinajstić information content (AvgIpc) is 2.98. The Morgan fingerprint density at radius 1 is 1.22 bits per heavy atom. The number of hydrogen-bond acceptors (Lipinski definition) is 6. The Morgan fingerprint density at radius 2 is 2.00 bits per heavy atom. The first-order chi connectivity index (χ1) is 8.74. The van der Waals surface area contributed by atoms with Crippen molar-refractivity contribution in [2.24, 2.45) is 5.92 Å². The predicted octanol–water partition coefficient (Wildman–Crippen LogP) is 1.16. The Hall–Kier alpha value is -1.82. The van der Waals surface area contributed by atoms with Crippen molar-refractivity contribution in [3.63, 3.8) is 0 Å². The Balaban J connectivity index is 1.87. The first kappa shape index (κ1) is 11.3. The van der Waals surface area contributed by atoms with Gasteiger partial charge in [-0.1, -0.05) is 12.1 Å². The minimum absolute atomic E-state index is 0.289. The van der Waals surface area contributed by atoms with Gasteiger partial charge in [-0.15, -0.1) is 0 Å². The highest BCUT2D eigenvalue weighted by molar-refractivity contribution is 5.41. The highest BCUT2D eigenvalue weighted by Gasteiger charge is 2.29. The second-order valence-corrected chi connectivity index (χ2v) is 4.78. The number of hydrogen-bond donors (Lipinski definition) is 1. The minimum Gasteiger partial charge on any atom is -0.338 e. The molecule has 2 atom stereocenters. The molecular weight excluding hydrogens is 230 g/mol. The van der Waals surface area contributed by atoms with E-state index in [4.69, 9.17) is 4.52 Å². The SMILES string of the molecule is Cc1cnc(-c2noc(C3CNCC3C)n2)nc1. The molecule has 1 saturated heterocycles. The van der Waals surface area contributed by atoms with Gasteiger partial charge in [-0.25, -0.2) is 9.97 Å². The molecule has 6 heteroatoms. The zero-order valence-corrected chi connectivity index (χ0v) is 10.4. The lowest BCUT2D eigenvalue weighted by molar-refractivity contribution is 0.340. The lowest BCUT2D eigenvalue weighted by Gasteiger charge is -2.07. The van der Waals surface area contributed by atoms with E-state index in [2.05, 4.69) is 32.3 Å². The lowest BCUT2D eigenvalue weighted by Crippen LogP contribution is -2.08. The first-order valence-corrected chi connectivity index (χ1v) is 6.07. The first-order valence-electron chi connectivity index (χ1n) is 6.07. The van der Waals surface area contributed by atoms with Crippen molar-refractivity contribution in [2.45, 2.75) is 19.8 Å². The van der Waals surface area contributed by atoms with Gasteiger partial charge in [0.15, 0.2) is 0 Å². The monoisotopic (exact) mass is 245 g/mol. The fraction of sp³-hybridized carbons (Fsp3) is 0.500. The molecule has 94 valence electrons. The van der Waals surface area contributed by atoms with E-state index in [0.29, 0.717) is 23.5 Å². The number of aryl methyl sites for hydroxylation is 1. The molecule has 0 aliphatic carbocycles. The van der Waals surface area contributed by atoms with Crippen molar-refractivity contribution in [1.82, 2.24) is 25.4 Å². The van der Waals surface area contributed by atoms with Gasteiger partial charge in [-0.05, 0) is 24.9 Å². The van der Waals surface area contributed by atoms with E-state index >= 15 is 0 Å². The topological polar surface area (TPSA) is 76.7 Å². The Morgan fingerprint density at radius 3 is 2.67 bits per heavy atom. The Bertz CT molecular complexity index is 536. The second-order valence-electron chi connectivity index (χ2n) is 4.78. The average molecular weight is 245 g/mol. The van der Waals surface area contributed by atoms with Crippen molar-refractivity contribution in [1.29, 1.82) is 0 Å². The normalized spacial score (nSPS) is 23.4. The van der Waals surface area contributed by atoms with Gasteiger partial charge in [-0.2, -0.15) is 4.98 Å². The maximum Gasteiger partial charge on any atom is 0.240 e. The molecule has 3 rings (SSSR count). The molecule has 0 radical (unpaired) electrons. The third-order valence-electron chi connectivity index (χ3n) is 3.26. The molecule has 0 bridgehead atoms. The minimum atomic E-state index is 0.289. The molecule has 0 saturated carbocycles. The maximum atomic E-state index is 5.32. The van der Waals surface area contributed by atoms with Crippen LogP contribution < -0.4 is 5.32 Å². The van der Waals surface area contributed by atoms with Gasteiger partial charge in [0, 0.05) is 18.9 Å². The smallest absolute Gasteiger partial charge is 0.240 e. The van der Waals surface area contributed by atoms with E-state index in [0.717, 1.165) is 18.7 Å². The summed E-state index contributed by atoms with van der Waals surface area (Å²) in [5, 5.41) is 7.27. The van der Waals surface area contributed by atoms with Gasteiger partial charge in [0.05, 0.1) is 5.92 Å². The second kappa shape index (κ2) is 4.45. The van der Waals surface area contributed by atoms with Gasteiger partial charge in [-0.3, -0.25) is 0 Å². The van der Waals surface area contributed by atoms with Crippen LogP contribution in [-0.4, -0.2) is 33.2 Å². The largest absolute Gasteiger partial charge is 0.338 e. The van der Waals surface area contributed by atoms with Crippen molar-refractivity contribution in [2.75, 3.05) is 13.1 Å². The molecular formula is C12H15N5O. The molecule has 0 aromatic carbocycles. The zero-order valence-electron chi connectivity index (χ0n) is 10.4. The molecule has 18 heavy (non-hydrogen) atoms. The molecule has 1 fully saturated rings. The number of aromatic nitrogens is 4. The molecule has 1 N–H and O–H groups in total. The highest BCUT2D eigenvalue weighted by Crippen LogP contribution is 2.27. The van der Waals surface area contributed by atoms with E-state index in [9.17, 15) is 0 Å². The van der Waals surface area contributed by atoms with Crippen molar-refractivity contribution >= 4 is 0 Å². The summed E-state index contributed by atoms with van der Waals surface area (Å²) >= 11 is 0. The van der Waals surface area contributed by atoms with Crippen molar-refractivity contribution in [3.05, 3.63) is 23.8 Å². The van der Waals surface area contributed by atoms with E-state index in [-0.39, 0.29) is 5.92 Å². The van der Waals surface area contributed by atoms with Crippen LogP contribution >= 0.6 is 0 Å². The van der Waals surface area contributed by atoms with Crippen LogP contribution in [0.1, 0.15) is 24.3 Å². The highest BCUT2D eigenvalue weighted by atomic mass is 16.5. The zero-order chi connectivity index (χ0) is 12.5. The van der Waals surface area contributed by atoms with Crippen LogP contribution in [0.2, 0.25) is 0 Å². The molecule has 2 unspecified atom stereocenters. The molecule has 1 aliphatic rings. The lowest BCUT2D eigenvalue weighted by atomic mass is 9.98. The molecule has 0 amide bonds. The summed E-state index contributed by atoms with van der Waals surface area (Å²) in [6.45, 7) is 6.00. The summed E-state index contributed by atoms with van der Waals surface area (Å²) in [7, 11) is 0. The maximum absolute atomic E-state index is 5.32. The third-order valence-corrected chi connectivity index (χ3v) is 3.26. The van der Waals surface area contributed by atoms with E-state index in [1.165, 1.54) is 0 Å². The summed E-state index contributed by atoms with van der Waals surface area (Å²) in [6, 6.07) is 0. The number of nitrogens with one attached hydrogen (secondary N) is 1. The third kappa shape index (κ3) is 1.99. The molecule has 2 aromatic heterocycles. The number of nitrogens with zero attached hydrogens (tertiary/aromatic N) is 4. The van der Waals surface area contributed by atoms with E-state index in [1.807, 2.05) is 6.92 Å². The van der Waals surface area contributed by atoms with E-state index < -0.39 is 0 Å². The Kier molecular flexibility index (Phi) is 2.79. The molecule has 2 aromatic rings. The van der Waals surface area contributed by atoms with Crippen LogP contribution in [0.15, 0.2) is 16.9 Å². The van der Waals surface area contributed by atoms with Crippen LogP contribution in [0.5, 0.6) is 0 Å². The quantitative estimate of drug-likeness (QED) is 0.855. The summed E-state index contributed by atoms with van der Waals surface area (Å²) in [6.07, 6.45) is 3.50. The van der Waals surface area contributed by atoms with Crippen LogP contribution in [0.4, 0.5) is 0 Å². The van der Waals surface area contributed by atoms with Gasteiger partial charge in [0.2, 0.25) is 17.5 Å². The van der Waals surface area contributed by atoms with Gasteiger partial charge in [0.25, 0.3) is 0 Å². The van der Waals surface area contributed by atoms with Crippen molar-refractivity contribution < 1.29 is 4.52 Å². The molecule has 1 aliphatic heterocycles. The fourth-order valence-electron chi connectivity index (χ4n) is 2.13. The molecule has 3 heterocycles. The molecule has 0 spiro atoms. The number of rotatable bonds is 2. The van der Waals surface area contributed by atoms with Gasteiger partial charge >= 0.3 is 0 Å². The Labute approximate surface area is 105 Å². The summed E-state index contributed by atoms with van der Waals surface area (Å²) in [4.78, 5) is 12.8. The van der Waals surface area contributed by atoms with Crippen molar-refractivity contribution in [3.8, 4) is 11.6 Å². The van der Waals surface area contributed by atoms with Crippen LogP contribution in [0.3, 0.4) is 0 Å². The summed E-state index contributed by atoms with van der Waals surface area (Å²) in [5.41, 5.74) is 1.01. The van der Waals surface area contributed by atoms with Gasteiger partial charge < -0.3 is 9.84 Å². The van der Waals surface area contributed by atoms with Crippen LogP contribution in [-0.2, 0) is 0 Å². The standard InChI is InChI=1S/C12H15N5O/c1-7-3-14-10(15-4-7)11-16-12(18-17-11)9-6-13-5-8(9)2/h3-4,8-9,13H,5-6H2,1-2H3. The summed E-state index contributed by atoms with van der Waals surface area (Å²) < 4.78 is 5.32. The molecule has 6 nitrogen and oxygen atoms in total. The van der Waals surface area contributed by atoms with Crippen LogP contribution in [0.25, 0.3) is 11.6 Å². The van der Waals surface area contributed by atoms with Crippen LogP contribution in [0, 0.1) is 12.8 Å².